The fraction of sp³-hybridized carbons (Fsp3) is 0.467. The van der Waals surface area contributed by atoms with Gasteiger partial charge in [0, 0.05) is 11.9 Å². The Morgan fingerprint density at radius 2 is 2.10 bits per heavy atom. The molecule has 0 aromatic carbocycles. The maximum atomic E-state index is 12.1. The topological polar surface area (TPSA) is 43.6 Å². The van der Waals surface area contributed by atoms with E-state index in [1.807, 2.05) is 18.2 Å². The molecule has 0 aliphatic heterocycles. The summed E-state index contributed by atoms with van der Waals surface area (Å²) in [5.41, 5.74) is 4.27. The minimum absolute atomic E-state index is 0.287. The van der Waals surface area contributed by atoms with Crippen LogP contribution in [0.3, 0.4) is 0 Å². The van der Waals surface area contributed by atoms with Crippen LogP contribution in [0.15, 0.2) is 6.20 Å². The summed E-state index contributed by atoms with van der Waals surface area (Å²) in [7, 11) is 0. The summed E-state index contributed by atoms with van der Waals surface area (Å²) in [6.45, 7) is 8.10. The first-order valence-corrected chi connectivity index (χ1v) is 7.22. The second-order valence-electron chi connectivity index (χ2n) is 4.78. The summed E-state index contributed by atoms with van der Waals surface area (Å²) in [5, 5.41) is 0.439. The maximum absolute atomic E-state index is 12.1. The molecule has 0 saturated heterocycles. The monoisotopic (exact) mass is 294 g/mol. The number of esters is 1. The number of fused-ring (bicyclic) bond motifs is 1. The first kappa shape index (κ1) is 14.9. The molecule has 2 aromatic heterocycles. The molecule has 2 aromatic rings. The molecule has 108 valence electrons. The van der Waals surface area contributed by atoms with Gasteiger partial charge in [-0.15, -0.1) is 0 Å². The lowest BCUT2D eigenvalue weighted by Gasteiger charge is -2.05. The van der Waals surface area contributed by atoms with Crippen molar-refractivity contribution in [1.29, 1.82) is 0 Å². The molecule has 0 fully saturated rings. The van der Waals surface area contributed by atoms with Crippen molar-refractivity contribution in [2.24, 2.45) is 0 Å². The maximum Gasteiger partial charge on any atom is 0.340 e. The molecule has 2 heterocycles. The van der Waals surface area contributed by atoms with Crippen LogP contribution in [-0.4, -0.2) is 22.0 Å². The van der Waals surface area contributed by atoms with E-state index in [-0.39, 0.29) is 5.97 Å². The molecule has 0 unspecified atom stereocenters. The van der Waals surface area contributed by atoms with Crippen LogP contribution in [0, 0.1) is 13.8 Å². The van der Waals surface area contributed by atoms with Gasteiger partial charge >= 0.3 is 5.97 Å². The van der Waals surface area contributed by atoms with Gasteiger partial charge in [0.1, 0.15) is 5.15 Å². The largest absolute Gasteiger partial charge is 0.462 e. The Bertz CT molecular complexity index is 662. The van der Waals surface area contributed by atoms with E-state index in [1.54, 1.807) is 13.1 Å². The summed E-state index contributed by atoms with van der Waals surface area (Å²) in [5.74, 6) is -0.287. The number of hydrogen-bond donors (Lipinski definition) is 0. The fourth-order valence-corrected chi connectivity index (χ4v) is 2.81. The lowest BCUT2D eigenvalue weighted by atomic mass is 10.1. The van der Waals surface area contributed by atoms with Gasteiger partial charge in [0.25, 0.3) is 0 Å². The normalized spacial score (nSPS) is 11.1. The predicted molar refractivity (Wildman–Crippen MR) is 79.6 cm³/mol. The highest BCUT2D eigenvalue weighted by Crippen LogP contribution is 2.27. The van der Waals surface area contributed by atoms with Crippen LogP contribution in [0.1, 0.15) is 47.6 Å². The number of hydrogen-bond acceptors (Lipinski definition) is 3. The molecule has 0 spiro atoms. The second-order valence-corrected chi connectivity index (χ2v) is 5.17. The van der Waals surface area contributed by atoms with Crippen molar-refractivity contribution in [3.63, 3.8) is 0 Å². The minimum Gasteiger partial charge on any atom is -0.462 e. The van der Waals surface area contributed by atoms with Crippen LogP contribution in [0.25, 0.3) is 5.52 Å². The highest BCUT2D eigenvalue weighted by Gasteiger charge is 2.22. The van der Waals surface area contributed by atoms with Crippen molar-refractivity contribution < 1.29 is 9.53 Å². The van der Waals surface area contributed by atoms with Gasteiger partial charge in [-0.05, 0) is 32.8 Å². The van der Waals surface area contributed by atoms with E-state index in [1.165, 1.54) is 0 Å². The van der Waals surface area contributed by atoms with E-state index in [4.69, 9.17) is 16.3 Å². The van der Waals surface area contributed by atoms with Crippen LogP contribution in [0.4, 0.5) is 0 Å². The van der Waals surface area contributed by atoms with Crippen LogP contribution in [0.2, 0.25) is 5.15 Å². The molecule has 0 saturated carbocycles. The predicted octanol–water partition coefficient (Wildman–Crippen LogP) is 3.73. The Balaban J connectivity index is 2.74. The number of carbonyl (C=O) groups excluding carboxylic acids is 1. The molecule has 2 rings (SSSR count). The van der Waals surface area contributed by atoms with Crippen LogP contribution >= 0.6 is 11.6 Å². The third kappa shape index (κ3) is 2.40. The van der Waals surface area contributed by atoms with Gasteiger partial charge in [-0.2, -0.15) is 0 Å². The van der Waals surface area contributed by atoms with Gasteiger partial charge in [0.2, 0.25) is 0 Å². The Kier molecular flexibility index (Phi) is 4.33. The number of ether oxygens (including phenoxy) is 1. The quantitative estimate of drug-likeness (QED) is 0.807. The van der Waals surface area contributed by atoms with Crippen molar-refractivity contribution in [2.75, 3.05) is 6.61 Å². The number of carbonyl (C=O) groups is 1. The Hall–Kier alpha value is -1.55. The van der Waals surface area contributed by atoms with Gasteiger partial charge in [0.15, 0.2) is 0 Å². The highest BCUT2D eigenvalue weighted by molar-refractivity contribution is 6.29. The third-order valence-corrected chi connectivity index (χ3v) is 3.59. The molecular formula is C15H19ClN2O2. The summed E-state index contributed by atoms with van der Waals surface area (Å²) in [6, 6.07) is 0. The van der Waals surface area contributed by atoms with E-state index in [9.17, 15) is 4.79 Å². The van der Waals surface area contributed by atoms with E-state index >= 15 is 0 Å². The molecule has 0 N–H and O–H groups in total. The number of aryl methyl sites for hydroxylation is 3. The first-order valence-electron chi connectivity index (χ1n) is 6.84. The van der Waals surface area contributed by atoms with E-state index < -0.39 is 0 Å². The number of rotatable bonds is 4. The molecule has 0 bridgehead atoms. The summed E-state index contributed by atoms with van der Waals surface area (Å²) >= 11 is 6.09. The lowest BCUT2D eigenvalue weighted by Crippen LogP contribution is -2.06. The molecule has 0 aliphatic carbocycles. The zero-order valence-corrected chi connectivity index (χ0v) is 13.0. The van der Waals surface area contributed by atoms with Gasteiger partial charge in [0.05, 0.1) is 23.4 Å². The van der Waals surface area contributed by atoms with Gasteiger partial charge in [-0.1, -0.05) is 24.9 Å². The van der Waals surface area contributed by atoms with Crippen molar-refractivity contribution in [1.82, 2.24) is 9.38 Å². The zero-order chi connectivity index (χ0) is 14.9. The Morgan fingerprint density at radius 3 is 2.70 bits per heavy atom. The number of nitrogens with zero attached hydrogens (tertiary/aromatic N) is 2. The smallest absolute Gasteiger partial charge is 0.340 e. The van der Waals surface area contributed by atoms with Gasteiger partial charge in [-0.3, -0.25) is 0 Å². The van der Waals surface area contributed by atoms with Crippen LogP contribution in [-0.2, 0) is 11.2 Å². The molecule has 5 heteroatoms. The van der Waals surface area contributed by atoms with Gasteiger partial charge < -0.3 is 9.14 Å². The van der Waals surface area contributed by atoms with Crippen LogP contribution in [0.5, 0.6) is 0 Å². The van der Waals surface area contributed by atoms with Crippen molar-refractivity contribution >= 4 is 23.1 Å². The molecule has 0 aliphatic rings. The van der Waals surface area contributed by atoms with Gasteiger partial charge in [-0.25, -0.2) is 9.78 Å². The SMILES string of the molecule is CCCc1nc(Cl)cn2c(C)c(C(=O)OCC)c(C)c12. The number of aromatic nitrogens is 2. The molecule has 0 amide bonds. The fourth-order valence-electron chi connectivity index (χ4n) is 2.61. The van der Waals surface area contributed by atoms with Crippen molar-refractivity contribution in [2.45, 2.75) is 40.5 Å². The molecule has 20 heavy (non-hydrogen) atoms. The lowest BCUT2D eigenvalue weighted by molar-refractivity contribution is 0.0525. The zero-order valence-electron chi connectivity index (χ0n) is 12.3. The molecule has 0 atom stereocenters. The van der Waals surface area contributed by atoms with Crippen molar-refractivity contribution in [3.8, 4) is 0 Å². The van der Waals surface area contributed by atoms with E-state index in [2.05, 4.69) is 11.9 Å². The third-order valence-electron chi connectivity index (χ3n) is 3.41. The molecular weight excluding hydrogens is 276 g/mol. The summed E-state index contributed by atoms with van der Waals surface area (Å²) < 4.78 is 7.09. The highest BCUT2D eigenvalue weighted by atomic mass is 35.5. The van der Waals surface area contributed by atoms with E-state index in [0.717, 1.165) is 35.3 Å². The summed E-state index contributed by atoms with van der Waals surface area (Å²) in [6.07, 6.45) is 3.55. The van der Waals surface area contributed by atoms with Crippen LogP contribution < -0.4 is 0 Å². The molecule has 0 radical (unpaired) electrons. The minimum atomic E-state index is -0.287. The Labute approximate surface area is 123 Å². The average molecular weight is 295 g/mol. The average Bonchev–Trinajstić information content (AvgIpc) is 2.62. The van der Waals surface area contributed by atoms with Crippen molar-refractivity contribution in [3.05, 3.63) is 33.9 Å². The first-order chi connectivity index (χ1) is 9.51. The van der Waals surface area contributed by atoms with E-state index in [0.29, 0.717) is 17.3 Å². The second kappa shape index (κ2) is 5.83. The Morgan fingerprint density at radius 1 is 1.40 bits per heavy atom. The number of halogens is 1. The summed E-state index contributed by atoms with van der Waals surface area (Å²) in [4.78, 5) is 16.5. The standard InChI is InChI=1S/C15H19ClN2O2/c1-5-7-11-14-9(3)13(15(19)20-6-2)10(4)18(14)8-12(16)17-11/h8H,5-7H2,1-4H3. The molecule has 4 nitrogen and oxygen atoms in total.